The number of benzene rings is 1. The van der Waals surface area contributed by atoms with E-state index in [1.807, 2.05) is 12.1 Å². The van der Waals surface area contributed by atoms with Crippen molar-refractivity contribution in [1.82, 2.24) is 14.9 Å². The number of pyridine rings is 1. The quantitative estimate of drug-likeness (QED) is 0.668. The first-order valence-electron chi connectivity index (χ1n) is 9.84. The lowest BCUT2D eigenvalue weighted by Crippen LogP contribution is -2.36. The zero-order valence-electron chi connectivity index (χ0n) is 15.9. The minimum atomic E-state index is -4.35. The minimum absolute atomic E-state index is 0.147. The molecule has 4 nitrogen and oxygen atoms in total. The van der Waals surface area contributed by atoms with Crippen LogP contribution in [0.25, 0.3) is 5.52 Å². The molecule has 1 aromatic carbocycles. The Labute approximate surface area is 166 Å². The summed E-state index contributed by atoms with van der Waals surface area (Å²) >= 11 is 0. The summed E-state index contributed by atoms with van der Waals surface area (Å²) in [5, 5.41) is 7.40. The maximum atomic E-state index is 12.9. The van der Waals surface area contributed by atoms with E-state index in [1.165, 1.54) is 18.6 Å². The van der Waals surface area contributed by atoms with Crippen LogP contribution in [0.2, 0.25) is 0 Å². The molecule has 1 N–H and O–H groups in total. The number of carbonyl (C=O) groups is 1. The molecule has 0 aliphatic heterocycles. The third kappa shape index (κ3) is 4.28. The molecule has 0 atom stereocenters. The van der Waals surface area contributed by atoms with Gasteiger partial charge in [-0.2, -0.15) is 18.3 Å². The molecule has 1 amide bonds. The highest BCUT2D eigenvalue weighted by molar-refractivity contribution is 6.01. The fourth-order valence-electron chi connectivity index (χ4n) is 3.97. The summed E-state index contributed by atoms with van der Waals surface area (Å²) in [5.74, 6) is -0.147. The van der Waals surface area contributed by atoms with E-state index < -0.39 is 11.7 Å². The zero-order chi connectivity index (χ0) is 20.4. The summed E-state index contributed by atoms with van der Waals surface area (Å²) < 4.78 is 40.0. The number of alkyl halides is 3. The molecule has 7 heteroatoms. The number of hydrogen-bond acceptors (Lipinski definition) is 2. The van der Waals surface area contributed by atoms with Crippen molar-refractivity contribution in [1.29, 1.82) is 0 Å². The molecule has 2 aromatic heterocycles. The molecule has 152 valence electrons. The van der Waals surface area contributed by atoms with E-state index in [9.17, 15) is 18.0 Å². The van der Waals surface area contributed by atoms with E-state index in [2.05, 4.69) is 10.4 Å². The second-order valence-corrected chi connectivity index (χ2v) is 7.56. The van der Waals surface area contributed by atoms with Gasteiger partial charge in [0.05, 0.1) is 22.8 Å². The lowest BCUT2D eigenvalue weighted by molar-refractivity contribution is -0.137. The molecular formula is C22H22F3N3O. The number of aromatic nitrogens is 2. The van der Waals surface area contributed by atoms with Crippen molar-refractivity contribution in [3.8, 4) is 0 Å². The highest BCUT2D eigenvalue weighted by Gasteiger charge is 2.30. The third-order valence-electron chi connectivity index (χ3n) is 5.49. The Kier molecular flexibility index (Phi) is 5.30. The van der Waals surface area contributed by atoms with Crippen molar-refractivity contribution in [3.63, 3.8) is 0 Å². The molecule has 0 unspecified atom stereocenters. The topological polar surface area (TPSA) is 46.4 Å². The number of carbonyl (C=O) groups excluding carboxylic acids is 1. The molecule has 1 aliphatic rings. The van der Waals surface area contributed by atoms with Crippen LogP contribution in [0.4, 0.5) is 13.2 Å². The molecule has 1 aliphatic carbocycles. The van der Waals surface area contributed by atoms with Crippen molar-refractivity contribution in [3.05, 3.63) is 71.0 Å². The average molecular weight is 401 g/mol. The van der Waals surface area contributed by atoms with Gasteiger partial charge in [-0.3, -0.25) is 4.79 Å². The third-order valence-corrected chi connectivity index (χ3v) is 5.49. The number of nitrogens with zero attached hydrogens (tertiary/aromatic N) is 2. The lowest BCUT2D eigenvalue weighted by atomic mass is 9.95. The van der Waals surface area contributed by atoms with Crippen LogP contribution in [0.15, 0.2) is 48.8 Å². The number of rotatable bonds is 4. The van der Waals surface area contributed by atoms with Gasteiger partial charge in [-0.1, -0.05) is 37.5 Å². The van der Waals surface area contributed by atoms with Crippen LogP contribution in [0, 0.1) is 0 Å². The standard InChI is InChI=1S/C22H22F3N3O/c23-22(24,25)17-10-8-15(9-11-17)13-16-5-4-12-28-20(16)19(14-26-28)21(29)27-18-6-2-1-3-7-18/h4-5,8-12,14,18H,1-3,6-7,13H2,(H,27,29). The zero-order valence-corrected chi connectivity index (χ0v) is 15.9. The predicted octanol–water partition coefficient (Wildman–Crippen LogP) is 5.01. The van der Waals surface area contributed by atoms with E-state index in [0.29, 0.717) is 17.5 Å². The summed E-state index contributed by atoms with van der Waals surface area (Å²) in [6.07, 6.45) is 4.82. The van der Waals surface area contributed by atoms with Crippen LogP contribution in [0.5, 0.6) is 0 Å². The molecule has 29 heavy (non-hydrogen) atoms. The van der Waals surface area contributed by atoms with Gasteiger partial charge < -0.3 is 5.32 Å². The monoisotopic (exact) mass is 401 g/mol. The van der Waals surface area contributed by atoms with Gasteiger partial charge in [-0.05, 0) is 48.6 Å². The van der Waals surface area contributed by atoms with Crippen LogP contribution >= 0.6 is 0 Å². The number of hydrogen-bond donors (Lipinski definition) is 1. The fraction of sp³-hybridized carbons (Fsp3) is 0.364. The maximum absolute atomic E-state index is 12.9. The Hall–Kier alpha value is -2.83. The summed E-state index contributed by atoms with van der Waals surface area (Å²) in [6, 6.07) is 9.02. The van der Waals surface area contributed by atoms with Crippen molar-refractivity contribution in [2.24, 2.45) is 0 Å². The Balaban J connectivity index is 1.60. The summed E-state index contributed by atoms with van der Waals surface area (Å²) in [4.78, 5) is 12.9. The van der Waals surface area contributed by atoms with Crippen LogP contribution in [0.1, 0.15) is 59.2 Å². The van der Waals surface area contributed by atoms with Crippen molar-refractivity contribution < 1.29 is 18.0 Å². The lowest BCUT2D eigenvalue weighted by Gasteiger charge is -2.22. The number of halogens is 3. The maximum Gasteiger partial charge on any atom is 0.416 e. The van der Waals surface area contributed by atoms with E-state index >= 15 is 0 Å². The first-order valence-corrected chi connectivity index (χ1v) is 9.84. The SMILES string of the molecule is O=C(NC1CCCCC1)c1cnn2cccc(Cc3ccc(C(F)(F)F)cc3)c12. The van der Waals surface area contributed by atoms with Crippen molar-refractivity contribution in [2.75, 3.05) is 0 Å². The molecule has 1 fully saturated rings. The molecule has 1 saturated carbocycles. The molecule has 0 saturated heterocycles. The van der Waals surface area contributed by atoms with E-state index in [4.69, 9.17) is 0 Å². The van der Waals surface area contributed by atoms with E-state index in [-0.39, 0.29) is 11.9 Å². The van der Waals surface area contributed by atoms with Gasteiger partial charge in [-0.25, -0.2) is 4.52 Å². The van der Waals surface area contributed by atoms with Crippen LogP contribution in [-0.2, 0) is 12.6 Å². The molecule has 0 spiro atoms. The normalized spacial score (nSPS) is 15.6. The minimum Gasteiger partial charge on any atom is -0.349 e. The Morgan fingerprint density at radius 1 is 1.10 bits per heavy atom. The van der Waals surface area contributed by atoms with Gasteiger partial charge in [0.1, 0.15) is 0 Å². The predicted molar refractivity (Wildman–Crippen MR) is 104 cm³/mol. The van der Waals surface area contributed by atoms with Gasteiger partial charge in [0.15, 0.2) is 0 Å². The number of nitrogens with one attached hydrogen (secondary N) is 1. The largest absolute Gasteiger partial charge is 0.416 e. The van der Waals surface area contributed by atoms with Gasteiger partial charge >= 0.3 is 6.18 Å². The smallest absolute Gasteiger partial charge is 0.349 e. The number of amides is 1. The summed E-state index contributed by atoms with van der Waals surface area (Å²) in [5.41, 5.74) is 2.11. The number of fused-ring (bicyclic) bond motifs is 1. The molecule has 4 rings (SSSR count). The summed E-state index contributed by atoms with van der Waals surface area (Å²) in [6.45, 7) is 0. The van der Waals surface area contributed by atoms with Gasteiger partial charge in [0.2, 0.25) is 0 Å². The summed E-state index contributed by atoms with van der Waals surface area (Å²) in [7, 11) is 0. The van der Waals surface area contributed by atoms with Crippen molar-refractivity contribution >= 4 is 11.4 Å². The van der Waals surface area contributed by atoms with Gasteiger partial charge in [0, 0.05) is 12.2 Å². The molecule has 0 radical (unpaired) electrons. The van der Waals surface area contributed by atoms with Crippen LogP contribution in [-0.4, -0.2) is 21.6 Å². The second kappa shape index (κ2) is 7.89. The average Bonchev–Trinajstić information content (AvgIpc) is 3.14. The Morgan fingerprint density at radius 3 is 2.52 bits per heavy atom. The first-order chi connectivity index (χ1) is 13.9. The van der Waals surface area contributed by atoms with Gasteiger partial charge in [0.25, 0.3) is 5.91 Å². The molecule has 0 bridgehead atoms. The van der Waals surface area contributed by atoms with Crippen molar-refractivity contribution in [2.45, 2.75) is 50.7 Å². The Morgan fingerprint density at radius 2 is 1.83 bits per heavy atom. The fourth-order valence-corrected chi connectivity index (χ4v) is 3.97. The van der Waals surface area contributed by atoms with Crippen LogP contribution in [0.3, 0.4) is 0 Å². The first kappa shape index (κ1) is 19.5. The second-order valence-electron chi connectivity index (χ2n) is 7.56. The molecule has 2 heterocycles. The van der Waals surface area contributed by atoms with Gasteiger partial charge in [-0.15, -0.1) is 0 Å². The highest BCUT2D eigenvalue weighted by Crippen LogP contribution is 2.30. The Bertz CT molecular complexity index is 1000. The van der Waals surface area contributed by atoms with Crippen LogP contribution < -0.4 is 5.32 Å². The van der Waals surface area contributed by atoms with E-state index in [0.717, 1.165) is 48.9 Å². The molecule has 3 aromatic rings. The highest BCUT2D eigenvalue weighted by atomic mass is 19.4. The molecular weight excluding hydrogens is 379 g/mol. The van der Waals surface area contributed by atoms with E-state index in [1.54, 1.807) is 16.9 Å².